The number of aromatic hydroxyl groups is 1. The highest BCUT2D eigenvalue weighted by Crippen LogP contribution is 2.35. The van der Waals surface area contributed by atoms with Crippen LogP contribution in [0.3, 0.4) is 0 Å². The maximum absolute atomic E-state index is 13.9. The highest BCUT2D eigenvalue weighted by Gasteiger charge is 2.36. The lowest BCUT2D eigenvalue weighted by molar-refractivity contribution is 0.00724. The van der Waals surface area contributed by atoms with Crippen LogP contribution in [0.15, 0.2) is 66.7 Å². The van der Waals surface area contributed by atoms with Gasteiger partial charge in [-0.1, -0.05) is 18.2 Å². The second kappa shape index (κ2) is 27.0. The summed E-state index contributed by atoms with van der Waals surface area (Å²) in [6.07, 6.45) is 3.92. The van der Waals surface area contributed by atoms with Gasteiger partial charge in [-0.3, -0.25) is 9.59 Å². The maximum Gasteiger partial charge on any atom is 0.410 e. The van der Waals surface area contributed by atoms with Crippen LogP contribution in [0.2, 0.25) is 0 Å². The van der Waals surface area contributed by atoms with Gasteiger partial charge in [0, 0.05) is 89.7 Å². The Morgan fingerprint density at radius 1 is 0.614 bits per heavy atom. The fraction of sp³-hybridized carbons (Fsp3) is 0.593. The Balaban J connectivity index is 0.000000309. The van der Waals surface area contributed by atoms with E-state index in [1.807, 2.05) is 109 Å². The van der Waals surface area contributed by atoms with E-state index in [9.17, 15) is 24.3 Å². The molecule has 0 saturated carbocycles. The molecule has 16 nitrogen and oxygen atoms in total. The molecule has 70 heavy (non-hydrogen) atoms. The Hall–Kier alpha value is -5.74. The number of piperidine rings is 2. The molecule has 0 aliphatic carbocycles. The molecule has 1 N–H and O–H groups in total. The van der Waals surface area contributed by atoms with E-state index in [1.165, 1.54) is 6.07 Å². The number of carbonyl (C=O) groups is 4. The third-order valence-corrected chi connectivity index (χ3v) is 11.3. The van der Waals surface area contributed by atoms with Crippen LogP contribution in [0.25, 0.3) is 0 Å². The third kappa shape index (κ3) is 17.9. The van der Waals surface area contributed by atoms with E-state index in [0.717, 1.165) is 25.7 Å². The lowest BCUT2D eigenvalue weighted by Gasteiger charge is -2.41. The van der Waals surface area contributed by atoms with Gasteiger partial charge in [0.1, 0.15) is 17.0 Å². The van der Waals surface area contributed by atoms with Crippen LogP contribution in [0, 0.1) is 0 Å². The smallest absolute Gasteiger partial charge is 0.410 e. The molecule has 0 radical (unpaired) electrons. The minimum absolute atomic E-state index is 0.0103. The van der Waals surface area contributed by atoms with E-state index in [1.54, 1.807) is 54.4 Å². The van der Waals surface area contributed by atoms with E-state index in [4.69, 9.17) is 33.2 Å². The molecule has 0 aromatic heterocycles. The predicted octanol–water partition coefficient (Wildman–Crippen LogP) is 10.2. The summed E-state index contributed by atoms with van der Waals surface area (Å²) in [5, 5.41) is 10.1. The first-order valence-corrected chi connectivity index (χ1v) is 24.7. The molecule has 2 aliphatic rings. The largest absolute Gasteiger partial charge is 0.504 e. The van der Waals surface area contributed by atoms with Crippen molar-refractivity contribution in [2.75, 3.05) is 66.8 Å². The van der Waals surface area contributed by atoms with Gasteiger partial charge in [-0.2, -0.15) is 0 Å². The van der Waals surface area contributed by atoms with Gasteiger partial charge in [0.25, 0.3) is 11.8 Å². The van der Waals surface area contributed by atoms with E-state index in [0.29, 0.717) is 93.8 Å². The molecule has 0 unspecified atom stereocenters. The van der Waals surface area contributed by atoms with E-state index in [-0.39, 0.29) is 59.7 Å². The zero-order chi connectivity index (χ0) is 51.6. The number of phenolic OH excluding ortho intramolecular Hbond substituents is 1. The Morgan fingerprint density at radius 3 is 1.50 bits per heavy atom. The zero-order valence-corrected chi connectivity index (χ0v) is 43.8. The average Bonchev–Trinajstić information content (AvgIpc) is 3.29. The van der Waals surface area contributed by atoms with Crippen molar-refractivity contribution < 1.29 is 57.4 Å². The van der Waals surface area contributed by atoms with E-state index >= 15 is 0 Å². The maximum atomic E-state index is 13.9. The molecule has 2 fully saturated rings. The molecule has 3 aromatic rings. The summed E-state index contributed by atoms with van der Waals surface area (Å²) in [7, 11) is 3.27. The first kappa shape index (κ1) is 56.8. The number of ether oxygens (including phenoxy) is 7. The monoisotopic (exact) mass is 977 g/mol. The molecule has 5 rings (SSSR count). The summed E-state index contributed by atoms with van der Waals surface area (Å²) in [6.45, 7) is 23.1. The molecule has 16 heteroatoms. The average molecular weight is 977 g/mol. The molecular formula is C54H80N4O12. The van der Waals surface area contributed by atoms with Crippen LogP contribution in [0.5, 0.6) is 28.7 Å². The van der Waals surface area contributed by atoms with Crippen molar-refractivity contribution >= 4 is 24.0 Å². The first-order chi connectivity index (χ1) is 33.1. The molecule has 0 spiro atoms. The Bertz CT molecular complexity index is 2120. The number of hydrogen-bond donors (Lipinski definition) is 1. The van der Waals surface area contributed by atoms with Crippen molar-refractivity contribution in [1.29, 1.82) is 0 Å². The number of amides is 4. The minimum atomic E-state index is -0.569. The number of para-hydroxylation sites is 1. The number of nitrogens with zero attached hydrogens (tertiary/aromatic N) is 4. The zero-order valence-electron chi connectivity index (χ0n) is 43.8. The fourth-order valence-corrected chi connectivity index (χ4v) is 8.28. The Morgan fingerprint density at radius 2 is 1.06 bits per heavy atom. The van der Waals surface area contributed by atoms with Crippen molar-refractivity contribution in [1.82, 2.24) is 19.6 Å². The minimum Gasteiger partial charge on any atom is -0.504 e. The first-order valence-electron chi connectivity index (χ1n) is 24.7. The number of benzene rings is 3. The van der Waals surface area contributed by atoms with Crippen molar-refractivity contribution in [3.63, 3.8) is 0 Å². The molecule has 2 heterocycles. The van der Waals surface area contributed by atoms with E-state index < -0.39 is 11.2 Å². The lowest BCUT2D eigenvalue weighted by atomic mass is 10.0. The molecule has 3 aromatic carbocycles. The standard InChI is InChI=1S/C30H42N2O6.C24H38N2O6/c1-22(2)32(24-12-10-17-31(21-24)29(34)38-30(3,4)5)28(33)23-15-16-26(37-25-13-8-7-9-14-25)27(20-23)36-19-11-18-35-6;1-17(2)26(19-9-7-12-25(16-19)23(29)32-24(3,4)5)22(28)18-10-11-20(27)21(15-18)31-14-8-13-30-6/h7-9,13-16,20,22,24H,10-12,17-19,21H2,1-6H3;10-11,15,17,19,27H,7-9,12-14,16H2,1-6H3/t24-;19-/m11/s1. The summed E-state index contributed by atoms with van der Waals surface area (Å²) in [4.78, 5) is 59.7. The van der Waals surface area contributed by atoms with Crippen molar-refractivity contribution in [2.24, 2.45) is 0 Å². The van der Waals surface area contributed by atoms with Gasteiger partial charge in [-0.05, 0) is 143 Å². The highest BCUT2D eigenvalue weighted by atomic mass is 16.6. The molecule has 4 amide bonds. The third-order valence-electron chi connectivity index (χ3n) is 11.3. The molecule has 2 saturated heterocycles. The van der Waals surface area contributed by atoms with Crippen molar-refractivity contribution in [3.8, 4) is 28.7 Å². The molecule has 2 aliphatic heterocycles. The number of carbonyl (C=O) groups excluding carboxylic acids is 4. The second-order valence-electron chi connectivity index (χ2n) is 20.2. The number of likely N-dealkylation sites (tertiary alicyclic amines) is 2. The second-order valence-corrected chi connectivity index (χ2v) is 20.2. The summed E-state index contributed by atoms with van der Waals surface area (Å²) in [5.41, 5.74) is -0.188. The fourth-order valence-electron chi connectivity index (χ4n) is 8.28. The van der Waals surface area contributed by atoms with Crippen molar-refractivity contribution in [3.05, 3.63) is 77.9 Å². The van der Waals surface area contributed by atoms with Gasteiger partial charge in [-0.15, -0.1) is 0 Å². The van der Waals surface area contributed by atoms with Crippen LogP contribution < -0.4 is 14.2 Å². The van der Waals surface area contributed by atoms with Gasteiger partial charge in [0.2, 0.25) is 0 Å². The number of methoxy groups -OCH3 is 2. The van der Waals surface area contributed by atoms with Crippen molar-refractivity contribution in [2.45, 2.75) is 143 Å². The predicted molar refractivity (Wildman–Crippen MR) is 269 cm³/mol. The quantitative estimate of drug-likeness (QED) is 0.120. The van der Waals surface area contributed by atoms with Crippen LogP contribution in [0.4, 0.5) is 9.59 Å². The van der Waals surface area contributed by atoms with Gasteiger partial charge in [0.15, 0.2) is 23.0 Å². The van der Waals surface area contributed by atoms with Crippen LogP contribution >= 0.6 is 0 Å². The molecular weight excluding hydrogens is 897 g/mol. The SMILES string of the molecule is COCCCOc1cc(C(=O)N(C(C)C)[C@@H]2CCCN(C(=O)OC(C)(C)C)C2)ccc1O.COCCCOc1cc(C(=O)N(C(C)C)[C@@H]2CCCN(C(=O)OC(C)(C)C)C2)ccc1Oc1ccccc1. The molecule has 2 atom stereocenters. The van der Waals surface area contributed by atoms with Crippen LogP contribution in [-0.4, -0.2) is 151 Å². The topological polar surface area (TPSA) is 166 Å². The van der Waals surface area contributed by atoms with Crippen LogP contribution in [0.1, 0.15) is 128 Å². The summed E-state index contributed by atoms with van der Waals surface area (Å²) in [6, 6.07) is 19.1. The number of hydrogen-bond acceptors (Lipinski definition) is 12. The van der Waals surface area contributed by atoms with Gasteiger partial charge >= 0.3 is 12.2 Å². The molecule has 0 bridgehead atoms. The summed E-state index contributed by atoms with van der Waals surface area (Å²) >= 11 is 0. The summed E-state index contributed by atoms with van der Waals surface area (Å²) in [5.74, 6) is 1.72. The number of rotatable bonds is 18. The number of phenols is 1. The van der Waals surface area contributed by atoms with E-state index in [2.05, 4.69) is 0 Å². The lowest BCUT2D eigenvalue weighted by Crippen LogP contribution is -2.54. The highest BCUT2D eigenvalue weighted by molar-refractivity contribution is 5.96. The van der Waals surface area contributed by atoms with Gasteiger partial charge in [-0.25, -0.2) is 9.59 Å². The summed E-state index contributed by atoms with van der Waals surface area (Å²) < 4.78 is 39.0. The Kier molecular flexibility index (Phi) is 21.9. The normalized spacial score (nSPS) is 16.2. The molecule has 388 valence electrons. The van der Waals surface area contributed by atoms with Gasteiger partial charge < -0.3 is 57.9 Å². The Labute approximate surface area is 416 Å². The van der Waals surface area contributed by atoms with Crippen LogP contribution in [-0.2, 0) is 18.9 Å². The van der Waals surface area contributed by atoms with Gasteiger partial charge in [0.05, 0.1) is 25.3 Å².